The largest absolute Gasteiger partial charge is 0.480 e. The molecule has 0 atom stereocenters. The number of carboxylic acids is 1. The summed E-state index contributed by atoms with van der Waals surface area (Å²) in [5, 5.41) is 13.6. The highest BCUT2D eigenvalue weighted by Gasteiger charge is 2.57. The molecule has 0 heterocycles. The predicted molar refractivity (Wildman–Crippen MR) is 51.0 cm³/mol. The van der Waals surface area contributed by atoms with Gasteiger partial charge in [0.1, 0.15) is 5.41 Å². The fourth-order valence-corrected chi connectivity index (χ4v) is 1.25. The van der Waals surface area contributed by atoms with Crippen molar-refractivity contribution in [2.24, 2.45) is 5.41 Å². The molecule has 0 unspecified atom stereocenters. The van der Waals surface area contributed by atoms with E-state index in [4.69, 9.17) is 5.11 Å². The molecule has 0 spiro atoms. The van der Waals surface area contributed by atoms with Gasteiger partial charge in [-0.1, -0.05) is 0 Å². The van der Waals surface area contributed by atoms with Crippen molar-refractivity contribution in [3.05, 3.63) is 0 Å². The maximum atomic E-state index is 11.4. The van der Waals surface area contributed by atoms with Gasteiger partial charge in [-0.15, -0.1) is 0 Å². The molecule has 0 radical (unpaired) electrons. The molecule has 6 nitrogen and oxygen atoms in total. The zero-order chi connectivity index (χ0) is 11.5. The molecule has 3 N–H and O–H groups in total. The smallest absolute Gasteiger partial charge is 0.319 e. The molecule has 15 heavy (non-hydrogen) atoms. The van der Waals surface area contributed by atoms with Crippen molar-refractivity contribution >= 4 is 17.8 Å². The van der Waals surface area contributed by atoms with E-state index in [0.29, 0.717) is 19.4 Å². The Labute approximate surface area is 87.0 Å². The van der Waals surface area contributed by atoms with Crippen LogP contribution in [0.3, 0.4) is 0 Å². The molecule has 2 amide bonds. The van der Waals surface area contributed by atoms with Crippen LogP contribution in [0.25, 0.3) is 0 Å². The SMILES string of the molecule is CCNC(=O)CNC(=O)C1(C(=O)O)CC1. The molecule has 1 saturated carbocycles. The number of carbonyl (C=O) groups excluding carboxylic acids is 2. The Morgan fingerprint density at radius 2 is 1.87 bits per heavy atom. The zero-order valence-electron chi connectivity index (χ0n) is 8.50. The van der Waals surface area contributed by atoms with E-state index in [1.165, 1.54) is 0 Å². The van der Waals surface area contributed by atoms with E-state index < -0.39 is 17.3 Å². The van der Waals surface area contributed by atoms with Crippen molar-refractivity contribution in [3.8, 4) is 0 Å². The van der Waals surface area contributed by atoms with Crippen molar-refractivity contribution in [1.29, 1.82) is 0 Å². The molecular weight excluding hydrogens is 200 g/mol. The van der Waals surface area contributed by atoms with Crippen LogP contribution in [0.1, 0.15) is 19.8 Å². The summed E-state index contributed by atoms with van der Waals surface area (Å²) in [5.41, 5.74) is -1.27. The third-order valence-corrected chi connectivity index (χ3v) is 2.38. The Morgan fingerprint density at radius 1 is 1.27 bits per heavy atom. The van der Waals surface area contributed by atoms with E-state index in [1.54, 1.807) is 6.92 Å². The first-order valence-electron chi connectivity index (χ1n) is 4.81. The van der Waals surface area contributed by atoms with Crippen LogP contribution in [0.15, 0.2) is 0 Å². The summed E-state index contributed by atoms with van der Waals surface area (Å²) in [6, 6.07) is 0. The molecule has 0 aromatic rings. The van der Waals surface area contributed by atoms with Crippen LogP contribution in [0.5, 0.6) is 0 Å². The minimum absolute atomic E-state index is 0.165. The first-order chi connectivity index (χ1) is 7.03. The van der Waals surface area contributed by atoms with Crippen LogP contribution in [0, 0.1) is 5.41 Å². The fourth-order valence-electron chi connectivity index (χ4n) is 1.25. The number of hydrogen-bond acceptors (Lipinski definition) is 3. The van der Waals surface area contributed by atoms with Crippen LogP contribution in [0.2, 0.25) is 0 Å². The van der Waals surface area contributed by atoms with Crippen molar-refractivity contribution in [2.45, 2.75) is 19.8 Å². The van der Waals surface area contributed by atoms with Crippen LogP contribution < -0.4 is 10.6 Å². The van der Waals surface area contributed by atoms with Crippen molar-refractivity contribution in [3.63, 3.8) is 0 Å². The maximum Gasteiger partial charge on any atom is 0.319 e. The second kappa shape index (κ2) is 4.29. The summed E-state index contributed by atoms with van der Waals surface area (Å²) in [6.07, 6.45) is 0.702. The van der Waals surface area contributed by atoms with Gasteiger partial charge in [-0.05, 0) is 19.8 Å². The second-order valence-corrected chi connectivity index (χ2v) is 3.52. The standard InChI is InChI=1S/C9H14N2O4/c1-2-10-6(12)5-11-7(13)9(3-4-9)8(14)15/h2-5H2,1H3,(H,10,12)(H,11,13)(H,14,15). The predicted octanol–water partition coefficient (Wildman–Crippen LogP) is -0.896. The number of hydrogen-bond donors (Lipinski definition) is 3. The lowest BCUT2D eigenvalue weighted by Gasteiger charge is -2.10. The Morgan fingerprint density at radius 3 is 2.27 bits per heavy atom. The summed E-state index contributed by atoms with van der Waals surface area (Å²) in [7, 11) is 0. The quantitative estimate of drug-likeness (QED) is 0.517. The molecule has 1 aliphatic rings. The van der Waals surface area contributed by atoms with E-state index >= 15 is 0 Å². The fraction of sp³-hybridized carbons (Fsp3) is 0.667. The molecule has 6 heteroatoms. The first-order valence-corrected chi connectivity index (χ1v) is 4.81. The Bertz CT molecular complexity index is 296. The lowest BCUT2D eigenvalue weighted by molar-refractivity contribution is -0.149. The van der Waals surface area contributed by atoms with Crippen LogP contribution in [-0.4, -0.2) is 36.0 Å². The summed E-state index contributed by atoms with van der Waals surface area (Å²) in [4.78, 5) is 33.1. The van der Waals surface area contributed by atoms with Gasteiger partial charge in [0.2, 0.25) is 11.8 Å². The number of amides is 2. The van der Waals surface area contributed by atoms with Crippen molar-refractivity contribution in [1.82, 2.24) is 10.6 Å². The molecule has 84 valence electrons. The molecule has 1 rings (SSSR count). The minimum atomic E-state index is -1.27. The highest BCUT2D eigenvalue weighted by atomic mass is 16.4. The zero-order valence-corrected chi connectivity index (χ0v) is 8.50. The van der Waals surface area contributed by atoms with Gasteiger partial charge < -0.3 is 15.7 Å². The lowest BCUT2D eigenvalue weighted by atomic mass is 10.1. The monoisotopic (exact) mass is 214 g/mol. The number of aliphatic carboxylic acids is 1. The normalized spacial score (nSPS) is 16.6. The number of likely N-dealkylation sites (N-methyl/N-ethyl adjacent to an activating group) is 1. The Kier molecular flexibility index (Phi) is 3.28. The molecule has 0 aromatic heterocycles. The van der Waals surface area contributed by atoms with Gasteiger partial charge in [0.05, 0.1) is 6.54 Å². The lowest BCUT2D eigenvalue weighted by Crippen LogP contribution is -2.42. The van der Waals surface area contributed by atoms with E-state index in [9.17, 15) is 14.4 Å². The first kappa shape index (κ1) is 11.5. The van der Waals surface area contributed by atoms with Crippen molar-refractivity contribution < 1.29 is 19.5 Å². The number of rotatable bonds is 5. The summed E-state index contributed by atoms with van der Waals surface area (Å²) >= 11 is 0. The average molecular weight is 214 g/mol. The summed E-state index contributed by atoms with van der Waals surface area (Å²) < 4.78 is 0. The van der Waals surface area contributed by atoms with Crippen LogP contribution in [-0.2, 0) is 14.4 Å². The maximum absolute atomic E-state index is 11.4. The van der Waals surface area contributed by atoms with Gasteiger partial charge in [-0.2, -0.15) is 0 Å². The second-order valence-electron chi connectivity index (χ2n) is 3.52. The van der Waals surface area contributed by atoms with E-state index in [2.05, 4.69) is 10.6 Å². The molecule has 0 saturated heterocycles. The molecule has 1 aliphatic carbocycles. The van der Waals surface area contributed by atoms with Gasteiger partial charge in [-0.25, -0.2) is 0 Å². The highest BCUT2D eigenvalue weighted by molar-refractivity contribution is 6.05. The third kappa shape index (κ3) is 2.45. The molecular formula is C9H14N2O4. The van der Waals surface area contributed by atoms with Gasteiger partial charge in [-0.3, -0.25) is 14.4 Å². The van der Waals surface area contributed by atoms with Crippen LogP contribution in [0.4, 0.5) is 0 Å². The minimum Gasteiger partial charge on any atom is -0.480 e. The van der Waals surface area contributed by atoms with Crippen LogP contribution >= 0.6 is 0 Å². The average Bonchev–Trinajstić information content (AvgIpc) is 2.95. The number of carbonyl (C=O) groups is 3. The molecule has 0 bridgehead atoms. The Balaban J connectivity index is 2.37. The van der Waals surface area contributed by atoms with E-state index in [1.807, 2.05) is 0 Å². The van der Waals surface area contributed by atoms with Gasteiger partial charge in [0.15, 0.2) is 0 Å². The number of nitrogens with one attached hydrogen (secondary N) is 2. The van der Waals surface area contributed by atoms with Gasteiger partial charge >= 0.3 is 5.97 Å². The van der Waals surface area contributed by atoms with Crippen molar-refractivity contribution in [2.75, 3.05) is 13.1 Å². The summed E-state index contributed by atoms with van der Waals surface area (Å²) in [5.74, 6) is -2.00. The molecule has 0 aliphatic heterocycles. The molecule has 0 aromatic carbocycles. The third-order valence-electron chi connectivity index (χ3n) is 2.38. The topological polar surface area (TPSA) is 95.5 Å². The van der Waals surface area contributed by atoms with Gasteiger partial charge in [0, 0.05) is 6.54 Å². The summed E-state index contributed by atoms with van der Waals surface area (Å²) in [6.45, 7) is 2.08. The highest BCUT2D eigenvalue weighted by Crippen LogP contribution is 2.45. The van der Waals surface area contributed by atoms with Gasteiger partial charge in [0.25, 0.3) is 0 Å². The number of carboxylic acid groups (broad SMARTS) is 1. The Hall–Kier alpha value is -1.59. The van der Waals surface area contributed by atoms with E-state index in [-0.39, 0.29) is 12.5 Å². The molecule has 1 fully saturated rings. The van der Waals surface area contributed by atoms with E-state index in [0.717, 1.165) is 0 Å².